The maximum atomic E-state index is 12.4. The highest BCUT2D eigenvalue weighted by Crippen LogP contribution is 2.27. The molecule has 1 unspecified atom stereocenters. The zero-order valence-electron chi connectivity index (χ0n) is 16.5. The predicted octanol–water partition coefficient (Wildman–Crippen LogP) is 1.69. The number of hydrogen-bond donors (Lipinski definition) is 2. The van der Waals surface area contributed by atoms with Crippen LogP contribution >= 0.6 is 0 Å². The molecule has 1 aromatic carbocycles. The number of anilines is 1. The molecule has 148 valence electrons. The lowest BCUT2D eigenvalue weighted by Crippen LogP contribution is -2.47. The zero-order chi connectivity index (χ0) is 20.2. The Morgan fingerprint density at radius 3 is 2.11 bits per heavy atom. The van der Waals surface area contributed by atoms with Gasteiger partial charge in [-0.3, -0.25) is 14.4 Å². The lowest BCUT2D eigenvalue weighted by Gasteiger charge is -2.32. The molecule has 27 heavy (non-hydrogen) atoms. The highest BCUT2D eigenvalue weighted by molar-refractivity contribution is 6.04. The molecule has 1 fully saturated rings. The van der Waals surface area contributed by atoms with Crippen molar-refractivity contribution in [1.29, 1.82) is 0 Å². The second-order valence-electron chi connectivity index (χ2n) is 8.18. The fourth-order valence-corrected chi connectivity index (χ4v) is 3.14. The number of piperazine rings is 1. The van der Waals surface area contributed by atoms with Crippen LogP contribution in [-0.4, -0.2) is 65.9 Å². The Morgan fingerprint density at radius 2 is 1.63 bits per heavy atom. The highest BCUT2D eigenvalue weighted by atomic mass is 16.4. The number of carbonyl (C=O) groups is 3. The Morgan fingerprint density at radius 1 is 1.07 bits per heavy atom. The quantitative estimate of drug-likeness (QED) is 0.765. The van der Waals surface area contributed by atoms with E-state index in [0.29, 0.717) is 12.1 Å². The number of aliphatic carboxylic acids is 1. The highest BCUT2D eigenvalue weighted by Gasteiger charge is 2.37. The Kier molecular flexibility index (Phi) is 6.59. The van der Waals surface area contributed by atoms with Crippen molar-refractivity contribution in [3.63, 3.8) is 0 Å². The van der Waals surface area contributed by atoms with Gasteiger partial charge in [0.1, 0.15) is 5.92 Å². The molecule has 0 radical (unpaired) electrons. The van der Waals surface area contributed by atoms with Crippen LogP contribution < -0.4 is 5.32 Å². The van der Waals surface area contributed by atoms with E-state index in [1.54, 1.807) is 45.0 Å². The van der Waals surface area contributed by atoms with Crippen molar-refractivity contribution in [3.8, 4) is 0 Å². The minimum absolute atomic E-state index is 0.0959. The Labute approximate surface area is 160 Å². The number of likely N-dealkylation sites (N-methyl/N-ethyl adjacent to an activating group) is 1. The maximum Gasteiger partial charge on any atom is 0.316 e. The molecular formula is C20H29N3O4. The number of rotatable bonds is 5. The summed E-state index contributed by atoms with van der Waals surface area (Å²) in [4.78, 5) is 40.2. The largest absolute Gasteiger partial charge is 0.481 e. The second-order valence-corrected chi connectivity index (χ2v) is 8.18. The number of carboxylic acids is 1. The summed E-state index contributed by atoms with van der Waals surface area (Å²) in [7, 11) is 2.05. The minimum atomic E-state index is -1.14. The zero-order valence-corrected chi connectivity index (χ0v) is 16.5. The first kappa shape index (κ1) is 20.9. The van der Waals surface area contributed by atoms with Crippen molar-refractivity contribution in [3.05, 3.63) is 29.8 Å². The molecule has 7 nitrogen and oxygen atoms in total. The summed E-state index contributed by atoms with van der Waals surface area (Å²) in [6, 6.07) is 6.98. The smallest absolute Gasteiger partial charge is 0.316 e. The average Bonchev–Trinajstić information content (AvgIpc) is 2.55. The maximum absolute atomic E-state index is 12.4. The summed E-state index contributed by atoms with van der Waals surface area (Å²) in [5, 5.41) is 12.0. The van der Waals surface area contributed by atoms with Crippen LogP contribution in [0, 0.1) is 11.3 Å². The predicted molar refractivity (Wildman–Crippen MR) is 103 cm³/mol. The Balaban J connectivity index is 1.95. The van der Waals surface area contributed by atoms with E-state index in [-0.39, 0.29) is 5.91 Å². The number of nitrogens with zero attached hydrogens (tertiary/aromatic N) is 2. The van der Waals surface area contributed by atoms with Gasteiger partial charge >= 0.3 is 5.97 Å². The number of carbonyl (C=O) groups excluding carboxylic acids is 2. The summed E-state index contributed by atoms with van der Waals surface area (Å²) >= 11 is 0. The number of carboxylic acid groups (broad SMARTS) is 1. The molecule has 2 N–H and O–H groups in total. The third-order valence-corrected chi connectivity index (χ3v) is 4.81. The van der Waals surface area contributed by atoms with E-state index in [9.17, 15) is 19.5 Å². The summed E-state index contributed by atoms with van der Waals surface area (Å²) in [6.07, 6.45) is 0.317. The van der Waals surface area contributed by atoms with Crippen molar-refractivity contribution < 1.29 is 19.5 Å². The van der Waals surface area contributed by atoms with Crippen LogP contribution in [0.25, 0.3) is 0 Å². The standard InChI is InChI=1S/C20H29N3O4/c1-20(2,3)17(19(26)27)18(25)21-15-7-5-14(6-8-15)13-16(24)23-11-9-22(4)10-12-23/h5-8,17H,9-13H2,1-4H3,(H,21,25)(H,26,27). The third kappa shape index (κ3) is 5.79. The van der Waals surface area contributed by atoms with Crippen molar-refractivity contribution in [2.75, 3.05) is 38.5 Å². The van der Waals surface area contributed by atoms with Gasteiger partial charge in [0.05, 0.1) is 6.42 Å². The van der Waals surface area contributed by atoms with E-state index in [2.05, 4.69) is 10.2 Å². The van der Waals surface area contributed by atoms with E-state index in [4.69, 9.17) is 0 Å². The number of hydrogen-bond acceptors (Lipinski definition) is 4. The van der Waals surface area contributed by atoms with Gasteiger partial charge in [-0.1, -0.05) is 32.9 Å². The monoisotopic (exact) mass is 375 g/mol. The van der Waals surface area contributed by atoms with Gasteiger partial charge in [0, 0.05) is 31.9 Å². The molecule has 2 amide bonds. The van der Waals surface area contributed by atoms with Crippen molar-refractivity contribution >= 4 is 23.5 Å². The first-order valence-electron chi connectivity index (χ1n) is 9.17. The topological polar surface area (TPSA) is 90.0 Å². The summed E-state index contributed by atoms with van der Waals surface area (Å²) in [6.45, 7) is 8.42. The summed E-state index contributed by atoms with van der Waals surface area (Å²) in [5.74, 6) is -2.74. The summed E-state index contributed by atoms with van der Waals surface area (Å²) < 4.78 is 0. The number of benzene rings is 1. The van der Waals surface area contributed by atoms with Crippen molar-refractivity contribution in [2.24, 2.45) is 11.3 Å². The van der Waals surface area contributed by atoms with Crippen LogP contribution in [0.5, 0.6) is 0 Å². The van der Waals surface area contributed by atoms with Crippen LogP contribution in [-0.2, 0) is 20.8 Å². The van der Waals surface area contributed by atoms with Gasteiger partial charge in [-0.15, -0.1) is 0 Å². The first-order chi connectivity index (χ1) is 12.6. The van der Waals surface area contributed by atoms with Crippen LogP contribution in [0.2, 0.25) is 0 Å². The van der Waals surface area contributed by atoms with Gasteiger partial charge in [-0.2, -0.15) is 0 Å². The van der Waals surface area contributed by atoms with E-state index in [1.807, 2.05) is 11.9 Å². The van der Waals surface area contributed by atoms with E-state index >= 15 is 0 Å². The summed E-state index contributed by atoms with van der Waals surface area (Å²) in [5.41, 5.74) is 0.693. The fraction of sp³-hybridized carbons (Fsp3) is 0.550. The normalized spacial score (nSPS) is 16.7. The van der Waals surface area contributed by atoms with Crippen LogP contribution in [0.4, 0.5) is 5.69 Å². The molecule has 1 aromatic rings. The first-order valence-corrected chi connectivity index (χ1v) is 9.17. The number of amides is 2. The lowest BCUT2D eigenvalue weighted by atomic mass is 9.80. The number of nitrogens with one attached hydrogen (secondary N) is 1. The lowest BCUT2D eigenvalue weighted by molar-refractivity contribution is -0.149. The van der Waals surface area contributed by atoms with E-state index in [0.717, 1.165) is 31.7 Å². The minimum Gasteiger partial charge on any atom is -0.481 e. The molecule has 0 bridgehead atoms. The third-order valence-electron chi connectivity index (χ3n) is 4.81. The van der Waals surface area contributed by atoms with Crippen LogP contribution in [0.1, 0.15) is 26.3 Å². The molecule has 1 saturated heterocycles. The average molecular weight is 375 g/mol. The SMILES string of the molecule is CN1CCN(C(=O)Cc2ccc(NC(=O)C(C(=O)O)C(C)(C)C)cc2)CC1. The van der Waals surface area contributed by atoms with E-state index in [1.165, 1.54) is 0 Å². The molecule has 1 atom stereocenters. The molecule has 1 heterocycles. The second kappa shape index (κ2) is 8.52. The van der Waals surface area contributed by atoms with Crippen LogP contribution in [0.3, 0.4) is 0 Å². The van der Waals surface area contributed by atoms with Crippen molar-refractivity contribution in [1.82, 2.24) is 9.80 Å². The van der Waals surface area contributed by atoms with Gasteiger partial charge in [0.25, 0.3) is 0 Å². The molecule has 7 heteroatoms. The molecule has 0 aliphatic carbocycles. The molecular weight excluding hydrogens is 346 g/mol. The van der Waals surface area contributed by atoms with Crippen molar-refractivity contribution in [2.45, 2.75) is 27.2 Å². The molecule has 2 rings (SSSR count). The van der Waals surface area contributed by atoms with Gasteiger partial charge in [0.2, 0.25) is 11.8 Å². The Bertz CT molecular complexity index is 686. The van der Waals surface area contributed by atoms with Gasteiger partial charge in [-0.25, -0.2) is 0 Å². The fourth-order valence-electron chi connectivity index (χ4n) is 3.14. The van der Waals surface area contributed by atoms with Gasteiger partial charge in [-0.05, 0) is 30.2 Å². The Hall–Kier alpha value is -2.41. The van der Waals surface area contributed by atoms with Gasteiger partial charge < -0.3 is 20.2 Å². The molecule has 1 aliphatic heterocycles. The van der Waals surface area contributed by atoms with Crippen LogP contribution in [0.15, 0.2) is 24.3 Å². The molecule has 1 aliphatic rings. The van der Waals surface area contributed by atoms with E-state index < -0.39 is 23.2 Å². The molecule has 0 spiro atoms. The molecule has 0 aromatic heterocycles. The van der Waals surface area contributed by atoms with Gasteiger partial charge in [0.15, 0.2) is 0 Å². The molecule has 0 saturated carbocycles.